The molecule has 1 heterocycles. The van der Waals surface area contributed by atoms with E-state index in [0.29, 0.717) is 36.4 Å². The third-order valence-electron chi connectivity index (χ3n) is 3.17. The van der Waals surface area contributed by atoms with Crippen LogP contribution in [0.5, 0.6) is 0 Å². The molecule has 1 aromatic rings. The SMILES string of the molecule is Cc1c(N)cc(Br)cc1C(=O)OCCN1CCNC1=O. The van der Waals surface area contributed by atoms with Crippen molar-refractivity contribution in [2.24, 2.45) is 0 Å². The lowest BCUT2D eigenvalue weighted by molar-refractivity contribution is 0.0480. The minimum Gasteiger partial charge on any atom is -0.460 e. The third-order valence-corrected chi connectivity index (χ3v) is 3.63. The van der Waals surface area contributed by atoms with Crippen molar-refractivity contribution in [3.63, 3.8) is 0 Å². The molecule has 2 rings (SSSR count). The molecule has 1 saturated heterocycles. The molecular formula is C13H16BrN3O3. The summed E-state index contributed by atoms with van der Waals surface area (Å²) in [5.41, 5.74) is 7.46. The number of carbonyl (C=O) groups is 2. The van der Waals surface area contributed by atoms with E-state index in [1.807, 2.05) is 0 Å². The fourth-order valence-corrected chi connectivity index (χ4v) is 2.44. The Kier molecular flexibility index (Phi) is 4.49. The summed E-state index contributed by atoms with van der Waals surface area (Å²) >= 11 is 3.30. The van der Waals surface area contributed by atoms with E-state index in [9.17, 15) is 9.59 Å². The van der Waals surface area contributed by atoms with E-state index >= 15 is 0 Å². The van der Waals surface area contributed by atoms with Crippen molar-refractivity contribution in [3.8, 4) is 0 Å². The zero-order valence-electron chi connectivity index (χ0n) is 11.1. The topological polar surface area (TPSA) is 84.7 Å². The molecule has 1 aromatic carbocycles. The second kappa shape index (κ2) is 6.13. The lowest BCUT2D eigenvalue weighted by Crippen LogP contribution is -2.31. The van der Waals surface area contributed by atoms with Gasteiger partial charge in [0.05, 0.1) is 12.1 Å². The molecule has 0 spiro atoms. The van der Waals surface area contributed by atoms with Crippen LogP contribution in [-0.4, -0.2) is 43.1 Å². The summed E-state index contributed by atoms with van der Waals surface area (Å²) < 4.78 is 5.92. The highest BCUT2D eigenvalue weighted by Crippen LogP contribution is 2.23. The molecule has 0 radical (unpaired) electrons. The molecule has 0 unspecified atom stereocenters. The molecule has 108 valence electrons. The van der Waals surface area contributed by atoms with Crippen molar-refractivity contribution >= 4 is 33.6 Å². The predicted octanol–water partition coefficient (Wildman–Crippen LogP) is 1.52. The van der Waals surface area contributed by atoms with Gasteiger partial charge in [-0.15, -0.1) is 0 Å². The monoisotopic (exact) mass is 341 g/mol. The average molecular weight is 342 g/mol. The van der Waals surface area contributed by atoms with Crippen LogP contribution in [0, 0.1) is 6.92 Å². The van der Waals surface area contributed by atoms with Gasteiger partial charge in [0.2, 0.25) is 0 Å². The number of amides is 2. The highest BCUT2D eigenvalue weighted by Gasteiger charge is 2.20. The molecule has 20 heavy (non-hydrogen) atoms. The van der Waals surface area contributed by atoms with Crippen LogP contribution >= 0.6 is 15.9 Å². The number of halogens is 1. The van der Waals surface area contributed by atoms with Crippen LogP contribution in [0.4, 0.5) is 10.5 Å². The Morgan fingerprint density at radius 1 is 1.55 bits per heavy atom. The van der Waals surface area contributed by atoms with Gasteiger partial charge < -0.3 is 20.7 Å². The van der Waals surface area contributed by atoms with Crippen LogP contribution in [0.25, 0.3) is 0 Å². The molecule has 0 saturated carbocycles. The van der Waals surface area contributed by atoms with Gasteiger partial charge in [0.1, 0.15) is 6.61 Å². The number of nitrogens with two attached hydrogens (primary N) is 1. The summed E-state index contributed by atoms with van der Waals surface area (Å²) in [4.78, 5) is 24.9. The second-order valence-electron chi connectivity index (χ2n) is 4.52. The highest BCUT2D eigenvalue weighted by molar-refractivity contribution is 9.10. The van der Waals surface area contributed by atoms with Crippen LogP contribution < -0.4 is 11.1 Å². The number of hydrogen-bond donors (Lipinski definition) is 2. The summed E-state index contributed by atoms with van der Waals surface area (Å²) in [5, 5.41) is 2.69. The number of nitrogens with one attached hydrogen (secondary N) is 1. The van der Waals surface area contributed by atoms with Crippen molar-refractivity contribution in [2.75, 3.05) is 32.0 Å². The molecule has 7 heteroatoms. The number of ether oxygens (including phenoxy) is 1. The fraction of sp³-hybridized carbons (Fsp3) is 0.385. The lowest BCUT2D eigenvalue weighted by Gasteiger charge is -2.14. The van der Waals surface area contributed by atoms with Crippen molar-refractivity contribution in [1.82, 2.24) is 10.2 Å². The number of nitrogens with zero attached hydrogens (tertiary/aromatic N) is 1. The smallest absolute Gasteiger partial charge is 0.338 e. The third kappa shape index (κ3) is 3.22. The Balaban J connectivity index is 1.93. The number of anilines is 1. The van der Waals surface area contributed by atoms with Crippen molar-refractivity contribution in [1.29, 1.82) is 0 Å². The maximum absolute atomic E-state index is 12.0. The molecule has 0 aliphatic carbocycles. The minimum absolute atomic E-state index is 0.121. The largest absolute Gasteiger partial charge is 0.460 e. The molecule has 0 bridgehead atoms. The van der Waals surface area contributed by atoms with E-state index in [4.69, 9.17) is 10.5 Å². The number of esters is 1. The van der Waals surface area contributed by atoms with Crippen molar-refractivity contribution in [3.05, 3.63) is 27.7 Å². The molecule has 2 amide bonds. The quantitative estimate of drug-likeness (QED) is 0.642. The summed E-state index contributed by atoms with van der Waals surface area (Å²) in [6, 6.07) is 3.29. The van der Waals surface area contributed by atoms with Gasteiger partial charge in [-0.05, 0) is 24.6 Å². The van der Waals surface area contributed by atoms with E-state index in [0.717, 1.165) is 4.47 Å². The first kappa shape index (κ1) is 14.6. The highest BCUT2D eigenvalue weighted by atomic mass is 79.9. The van der Waals surface area contributed by atoms with Crippen LogP contribution in [0.2, 0.25) is 0 Å². The van der Waals surface area contributed by atoms with Gasteiger partial charge in [-0.3, -0.25) is 0 Å². The number of nitrogen functional groups attached to an aromatic ring is 1. The Morgan fingerprint density at radius 3 is 2.95 bits per heavy atom. The number of urea groups is 1. The maximum atomic E-state index is 12.0. The van der Waals surface area contributed by atoms with Crippen LogP contribution in [-0.2, 0) is 4.74 Å². The molecule has 1 fully saturated rings. The predicted molar refractivity (Wildman–Crippen MR) is 78.5 cm³/mol. The lowest BCUT2D eigenvalue weighted by atomic mass is 10.1. The molecule has 1 aliphatic heterocycles. The molecule has 1 aliphatic rings. The Morgan fingerprint density at radius 2 is 2.30 bits per heavy atom. The summed E-state index contributed by atoms with van der Waals surface area (Å²) in [6.07, 6.45) is 0. The first-order valence-electron chi connectivity index (χ1n) is 6.24. The van der Waals surface area contributed by atoms with Gasteiger partial charge in [-0.25, -0.2) is 9.59 Å². The van der Waals surface area contributed by atoms with E-state index in [1.54, 1.807) is 24.0 Å². The van der Waals surface area contributed by atoms with Gasteiger partial charge in [0.15, 0.2) is 0 Å². The Bertz CT molecular complexity index is 548. The molecule has 0 aromatic heterocycles. The summed E-state index contributed by atoms with van der Waals surface area (Å²) in [7, 11) is 0. The zero-order valence-corrected chi connectivity index (χ0v) is 12.7. The van der Waals surface area contributed by atoms with E-state index in [1.165, 1.54) is 0 Å². The maximum Gasteiger partial charge on any atom is 0.338 e. The molecule has 6 nitrogen and oxygen atoms in total. The Labute approximate surface area is 125 Å². The number of rotatable bonds is 4. The number of hydrogen-bond acceptors (Lipinski definition) is 4. The van der Waals surface area contributed by atoms with Crippen molar-refractivity contribution < 1.29 is 14.3 Å². The first-order chi connectivity index (χ1) is 9.49. The number of carbonyl (C=O) groups excluding carboxylic acids is 2. The van der Waals surface area contributed by atoms with Crippen LogP contribution in [0.1, 0.15) is 15.9 Å². The van der Waals surface area contributed by atoms with E-state index in [-0.39, 0.29) is 12.6 Å². The second-order valence-corrected chi connectivity index (χ2v) is 5.44. The van der Waals surface area contributed by atoms with Gasteiger partial charge in [-0.2, -0.15) is 0 Å². The van der Waals surface area contributed by atoms with Gasteiger partial charge in [0.25, 0.3) is 0 Å². The van der Waals surface area contributed by atoms with Crippen LogP contribution in [0.15, 0.2) is 16.6 Å². The molecule has 0 atom stereocenters. The van der Waals surface area contributed by atoms with E-state index in [2.05, 4.69) is 21.2 Å². The number of benzene rings is 1. The Hall–Kier alpha value is -1.76. The summed E-state index contributed by atoms with van der Waals surface area (Å²) in [6.45, 7) is 3.60. The standard InChI is InChI=1S/C13H16BrN3O3/c1-8-10(6-9(14)7-11(8)15)12(18)20-5-4-17-3-2-16-13(17)19/h6-7H,2-5,15H2,1H3,(H,16,19). The fourth-order valence-electron chi connectivity index (χ4n) is 1.96. The average Bonchev–Trinajstić information content (AvgIpc) is 2.79. The molecule has 3 N–H and O–H groups in total. The molecular weight excluding hydrogens is 326 g/mol. The van der Waals surface area contributed by atoms with Crippen LogP contribution in [0.3, 0.4) is 0 Å². The minimum atomic E-state index is -0.435. The van der Waals surface area contributed by atoms with Gasteiger partial charge in [-0.1, -0.05) is 15.9 Å². The normalized spacial score (nSPS) is 14.3. The van der Waals surface area contributed by atoms with Gasteiger partial charge >= 0.3 is 12.0 Å². The summed E-state index contributed by atoms with van der Waals surface area (Å²) in [5.74, 6) is -0.435. The van der Waals surface area contributed by atoms with Gasteiger partial charge in [0, 0.05) is 23.2 Å². The first-order valence-corrected chi connectivity index (χ1v) is 7.04. The van der Waals surface area contributed by atoms with E-state index < -0.39 is 5.97 Å². The van der Waals surface area contributed by atoms with Crippen molar-refractivity contribution in [2.45, 2.75) is 6.92 Å². The zero-order chi connectivity index (χ0) is 14.7.